The number of anilines is 1. The molecule has 30 heavy (non-hydrogen) atoms. The molecule has 0 aliphatic heterocycles. The van der Waals surface area contributed by atoms with Crippen molar-refractivity contribution in [2.45, 2.75) is 6.18 Å². The van der Waals surface area contributed by atoms with Crippen LogP contribution in [-0.2, 0) is 20.3 Å². The van der Waals surface area contributed by atoms with Gasteiger partial charge in [-0.2, -0.15) is 23.4 Å². The summed E-state index contributed by atoms with van der Waals surface area (Å²) >= 11 is 0. The zero-order chi connectivity index (χ0) is 21.5. The lowest BCUT2D eigenvalue weighted by Crippen LogP contribution is -2.13. The van der Waals surface area contributed by atoms with Crippen molar-refractivity contribution >= 4 is 22.6 Å². The Hall–Kier alpha value is -3.96. The highest BCUT2D eigenvalue weighted by molar-refractivity contribution is 6.06. The highest BCUT2D eigenvalue weighted by Crippen LogP contribution is 2.32. The fraction of sp³-hybridized carbons (Fsp3) is 0.167. The van der Waals surface area contributed by atoms with Crippen LogP contribution in [0.3, 0.4) is 0 Å². The van der Waals surface area contributed by atoms with Gasteiger partial charge in [0, 0.05) is 38.1 Å². The van der Waals surface area contributed by atoms with Gasteiger partial charge in [0.25, 0.3) is 5.91 Å². The van der Waals surface area contributed by atoms with Crippen molar-refractivity contribution in [1.82, 2.24) is 29.5 Å². The first-order valence-corrected chi connectivity index (χ1v) is 8.54. The quantitative estimate of drug-likeness (QED) is 0.548. The van der Waals surface area contributed by atoms with Crippen LogP contribution >= 0.6 is 0 Å². The molecule has 0 atom stereocenters. The molecule has 0 saturated carbocycles. The lowest BCUT2D eigenvalue weighted by Gasteiger charge is -2.09. The SMILES string of the molecule is Cn1ccc(NC(=O)c2cc(Oc3cnc(C(F)(F)F)cn3)c3cn(C)nc3c2)n1. The van der Waals surface area contributed by atoms with E-state index in [2.05, 4.69) is 25.5 Å². The van der Waals surface area contributed by atoms with E-state index in [1.807, 2.05) is 0 Å². The average Bonchev–Trinajstić information content (AvgIpc) is 3.25. The number of ether oxygens (including phenoxy) is 1. The standard InChI is InChI=1S/C18H14F3N7O2/c1-27-4-3-15(26-27)24-17(29)10-5-12-11(9-28(2)25-12)13(6-10)30-16-8-22-14(7-23-16)18(19,20)21/h3-9H,1-2H3,(H,24,26,29). The highest BCUT2D eigenvalue weighted by Gasteiger charge is 2.32. The second kappa shape index (κ2) is 7.13. The first kappa shape index (κ1) is 19.4. The third-order valence-corrected chi connectivity index (χ3v) is 4.05. The minimum absolute atomic E-state index is 0.157. The van der Waals surface area contributed by atoms with Gasteiger partial charge in [0.2, 0.25) is 5.88 Å². The number of alkyl halides is 3. The Morgan fingerprint density at radius 1 is 1.10 bits per heavy atom. The van der Waals surface area contributed by atoms with Gasteiger partial charge in [-0.15, -0.1) is 0 Å². The summed E-state index contributed by atoms with van der Waals surface area (Å²) in [6.07, 6.45) is 0.169. The first-order chi connectivity index (χ1) is 14.2. The third-order valence-electron chi connectivity index (χ3n) is 4.05. The molecule has 1 N–H and O–H groups in total. The van der Waals surface area contributed by atoms with Crippen LogP contribution in [0.4, 0.5) is 19.0 Å². The number of fused-ring (bicyclic) bond motifs is 1. The second-order valence-corrected chi connectivity index (χ2v) is 6.38. The zero-order valence-corrected chi connectivity index (χ0v) is 15.7. The molecule has 4 rings (SSSR count). The minimum atomic E-state index is -4.61. The molecule has 4 aromatic rings. The van der Waals surface area contributed by atoms with E-state index in [0.29, 0.717) is 22.9 Å². The Morgan fingerprint density at radius 3 is 2.53 bits per heavy atom. The van der Waals surface area contributed by atoms with Gasteiger partial charge in [0.15, 0.2) is 11.5 Å². The smallest absolute Gasteiger partial charge is 0.434 e. The fourth-order valence-corrected chi connectivity index (χ4v) is 2.72. The third kappa shape index (κ3) is 3.92. The Bertz CT molecular complexity index is 1230. The maximum Gasteiger partial charge on any atom is 0.434 e. The summed E-state index contributed by atoms with van der Waals surface area (Å²) in [6, 6.07) is 4.65. The Labute approximate surface area is 167 Å². The normalized spacial score (nSPS) is 11.6. The molecule has 0 saturated heterocycles. The van der Waals surface area contributed by atoms with Crippen LogP contribution in [0.1, 0.15) is 16.1 Å². The summed E-state index contributed by atoms with van der Waals surface area (Å²) in [7, 11) is 3.40. The van der Waals surface area contributed by atoms with Gasteiger partial charge in [0.1, 0.15) is 5.75 Å². The number of nitrogens with one attached hydrogen (secondary N) is 1. The van der Waals surface area contributed by atoms with Crippen LogP contribution in [-0.4, -0.2) is 35.4 Å². The molecule has 0 radical (unpaired) electrons. The van der Waals surface area contributed by atoms with E-state index < -0.39 is 17.8 Å². The summed E-state index contributed by atoms with van der Waals surface area (Å²) in [5, 5.41) is 11.6. The van der Waals surface area contributed by atoms with Crippen molar-refractivity contribution in [2.75, 3.05) is 5.32 Å². The van der Waals surface area contributed by atoms with E-state index in [1.165, 1.54) is 15.4 Å². The van der Waals surface area contributed by atoms with Crippen LogP contribution in [0, 0.1) is 0 Å². The molecule has 0 aliphatic rings. The van der Waals surface area contributed by atoms with Gasteiger partial charge in [-0.1, -0.05) is 0 Å². The van der Waals surface area contributed by atoms with Crippen LogP contribution in [0.5, 0.6) is 11.6 Å². The number of aromatic nitrogens is 6. The fourth-order valence-electron chi connectivity index (χ4n) is 2.72. The van der Waals surface area contributed by atoms with Crippen molar-refractivity contribution in [3.63, 3.8) is 0 Å². The highest BCUT2D eigenvalue weighted by atomic mass is 19.4. The summed E-state index contributed by atoms with van der Waals surface area (Å²) in [4.78, 5) is 19.6. The maximum absolute atomic E-state index is 12.7. The minimum Gasteiger partial charge on any atom is -0.437 e. The number of aryl methyl sites for hydroxylation is 2. The van der Waals surface area contributed by atoms with Gasteiger partial charge in [-0.05, 0) is 12.1 Å². The van der Waals surface area contributed by atoms with Gasteiger partial charge >= 0.3 is 6.18 Å². The molecule has 0 fully saturated rings. The topological polar surface area (TPSA) is 99.8 Å². The molecule has 1 aromatic carbocycles. The molecule has 1 amide bonds. The van der Waals surface area contributed by atoms with Crippen molar-refractivity contribution in [3.05, 3.63) is 54.2 Å². The number of hydrogen-bond donors (Lipinski definition) is 1. The van der Waals surface area contributed by atoms with E-state index in [1.54, 1.807) is 38.6 Å². The van der Waals surface area contributed by atoms with Gasteiger partial charge in [-0.25, -0.2) is 9.97 Å². The molecule has 0 unspecified atom stereocenters. The van der Waals surface area contributed by atoms with E-state index in [0.717, 1.165) is 6.20 Å². The van der Waals surface area contributed by atoms with Crippen molar-refractivity contribution in [2.24, 2.45) is 14.1 Å². The molecule has 0 spiro atoms. The number of carbonyl (C=O) groups is 1. The Balaban J connectivity index is 1.67. The Morgan fingerprint density at radius 2 is 1.90 bits per heavy atom. The lowest BCUT2D eigenvalue weighted by atomic mass is 10.1. The summed E-state index contributed by atoms with van der Waals surface area (Å²) in [6.45, 7) is 0. The molecular weight excluding hydrogens is 403 g/mol. The summed E-state index contributed by atoms with van der Waals surface area (Å²) < 4.78 is 46.7. The number of nitrogens with zero attached hydrogens (tertiary/aromatic N) is 6. The average molecular weight is 417 g/mol. The molecule has 3 aromatic heterocycles. The summed E-state index contributed by atoms with van der Waals surface area (Å²) in [5.74, 6) is -0.0550. The largest absolute Gasteiger partial charge is 0.437 e. The van der Waals surface area contributed by atoms with E-state index in [9.17, 15) is 18.0 Å². The number of hydrogen-bond acceptors (Lipinski definition) is 6. The van der Waals surface area contributed by atoms with Gasteiger partial charge in [-0.3, -0.25) is 14.2 Å². The van der Waals surface area contributed by atoms with E-state index in [4.69, 9.17) is 4.74 Å². The molecule has 9 nitrogen and oxygen atoms in total. The lowest BCUT2D eigenvalue weighted by molar-refractivity contribution is -0.141. The first-order valence-electron chi connectivity index (χ1n) is 8.54. The monoisotopic (exact) mass is 417 g/mol. The van der Waals surface area contributed by atoms with Crippen LogP contribution in [0.15, 0.2) is 43.0 Å². The number of rotatable bonds is 4. The predicted molar refractivity (Wildman–Crippen MR) is 99.0 cm³/mol. The van der Waals surface area contributed by atoms with Crippen LogP contribution in [0.25, 0.3) is 10.9 Å². The molecule has 12 heteroatoms. The summed E-state index contributed by atoms with van der Waals surface area (Å²) in [5.41, 5.74) is -0.451. The van der Waals surface area contributed by atoms with E-state index in [-0.39, 0.29) is 17.2 Å². The second-order valence-electron chi connectivity index (χ2n) is 6.38. The number of amides is 1. The molecule has 154 valence electrons. The van der Waals surface area contributed by atoms with Crippen LogP contribution < -0.4 is 10.1 Å². The number of benzene rings is 1. The number of halogens is 3. The van der Waals surface area contributed by atoms with Gasteiger partial charge < -0.3 is 10.1 Å². The van der Waals surface area contributed by atoms with Crippen LogP contribution in [0.2, 0.25) is 0 Å². The van der Waals surface area contributed by atoms with Crippen molar-refractivity contribution in [1.29, 1.82) is 0 Å². The Kier molecular flexibility index (Phi) is 4.60. The molecule has 3 heterocycles. The maximum atomic E-state index is 12.7. The predicted octanol–water partition coefficient (Wildman–Crippen LogP) is 3.16. The number of carbonyl (C=O) groups excluding carboxylic acids is 1. The molecule has 0 aliphatic carbocycles. The van der Waals surface area contributed by atoms with E-state index >= 15 is 0 Å². The van der Waals surface area contributed by atoms with Gasteiger partial charge in [0.05, 0.1) is 23.3 Å². The van der Waals surface area contributed by atoms with Crippen molar-refractivity contribution < 1.29 is 22.7 Å². The molecular formula is C18H14F3N7O2. The molecule has 0 bridgehead atoms. The zero-order valence-electron chi connectivity index (χ0n) is 15.7. The van der Waals surface area contributed by atoms with Crippen molar-refractivity contribution in [3.8, 4) is 11.6 Å².